The van der Waals surface area contributed by atoms with E-state index in [0.29, 0.717) is 34.8 Å². The number of carbonyl (C=O) groups is 1. The quantitative estimate of drug-likeness (QED) is 0.207. The number of nitro groups is 1. The fraction of sp³-hybridized carbons (Fsp3) is 0.250. The summed E-state index contributed by atoms with van der Waals surface area (Å²) in [6.45, 7) is 1.18. The van der Waals surface area contributed by atoms with Crippen molar-refractivity contribution in [2.75, 3.05) is 24.8 Å². The molecule has 1 aromatic heterocycles. The fourth-order valence-corrected chi connectivity index (χ4v) is 3.78. The van der Waals surface area contributed by atoms with Crippen LogP contribution in [0.25, 0.3) is 11.4 Å². The summed E-state index contributed by atoms with van der Waals surface area (Å²) >= 11 is 7.58. The van der Waals surface area contributed by atoms with Crippen LogP contribution in [0.2, 0.25) is 5.02 Å². The monoisotopic (exact) mass is 461 g/mol. The summed E-state index contributed by atoms with van der Waals surface area (Å²) in [5, 5.41) is 23.1. The predicted octanol–water partition coefficient (Wildman–Crippen LogP) is 4.27. The van der Waals surface area contributed by atoms with E-state index < -0.39 is 4.92 Å². The van der Waals surface area contributed by atoms with Crippen molar-refractivity contribution in [3.05, 3.63) is 63.7 Å². The first-order valence-electron chi connectivity index (χ1n) is 9.33. The number of aromatic nitrogens is 3. The van der Waals surface area contributed by atoms with Crippen molar-refractivity contribution in [1.29, 1.82) is 0 Å². The summed E-state index contributed by atoms with van der Waals surface area (Å²) in [4.78, 5) is 22.6. The molecule has 2 aromatic carbocycles. The third-order valence-electron chi connectivity index (χ3n) is 4.26. The van der Waals surface area contributed by atoms with Crippen molar-refractivity contribution < 1.29 is 14.5 Å². The first-order valence-corrected chi connectivity index (χ1v) is 10.7. The van der Waals surface area contributed by atoms with Crippen LogP contribution < -0.4 is 5.32 Å². The molecule has 0 atom stereocenters. The number of hydrogen-bond acceptors (Lipinski definition) is 7. The Morgan fingerprint density at radius 1 is 1.23 bits per heavy atom. The molecule has 0 fully saturated rings. The number of non-ortho nitro benzene ring substituents is 1. The molecular formula is C20H20ClN5O4S. The van der Waals surface area contributed by atoms with E-state index in [1.54, 1.807) is 13.2 Å². The first kappa shape index (κ1) is 22.7. The van der Waals surface area contributed by atoms with Gasteiger partial charge in [0.25, 0.3) is 5.69 Å². The van der Waals surface area contributed by atoms with E-state index in [9.17, 15) is 14.9 Å². The predicted molar refractivity (Wildman–Crippen MR) is 119 cm³/mol. The topological polar surface area (TPSA) is 112 Å². The van der Waals surface area contributed by atoms with Crippen molar-refractivity contribution in [1.82, 2.24) is 14.8 Å². The largest absolute Gasteiger partial charge is 0.385 e. The number of nitrogens with zero attached hydrogens (tertiary/aromatic N) is 4. The number of benzene rings is 2. The molecule has 0 saturated heterocycles. The van der Waals surface area contributed by atoms with Crippen LogP contribution in [-0.2, 0) is 16.1 Å². The van der Waals surface area contributed by atoms with Gasteiger partial charge in [0, 0.05) is 43.6 Å². The standard InChI is InChI=1S/C20H20ClN5O4S/c1-30-12-4-11-25-19(16-5-2-3-6-17(16)21)23-24-20(25)31-13-18(27)22-14-7-9-15(10-8-14)26(28)29/h2-3,5-10H,4,11-13H2,1H3,(H,22,27). The highest BCUT2D eigenvalue weighted by atomic mass is 35.5. The Kier molecular flexibility index (Phi) is 7.99. The lowest BCUT2D eigenvalue weighted by molar-refractivity contribution is -0.384. The zero-order valence-corrected chi connectivity index (χ0v) is 18.2. The van der Waals surface area contributed by atoms with E-state index in [2.05, 4.69) is 15.5 Å². The average molecular weight is 462 g/mol. The maximum absolute atomic E-state index is 12.3. The fourth-order valence-electron chi connectivity index (χ4n) is 2.80. The molecule has 1 amide bonds. The highest BCUT2D eigenvalue weighted by Crippen LogP contribution is 2.29. The second kappa shape index (κ2) is 10.9. The van der Waals surface area contributed by atoms with Gasteiger partial charge in [-0.3, -0.25) is 14.9 Å². The van der Waals surface area contributed by atoms with Gasteiger partial charge in [0.15, 0.2) is 11.0 Å². The van der Waals surface area contributed by atoms with Gasteiger partial charge in [-0.05, 0) is 30.7 Å². The maximum atomic E-state index is 12.3. The Labute approximate surface area is 187 Å². The smallest absolute Gasteiger partial charge is 0.269 e. The van der Waals surface area contributed by atoms with Crippen molar-refractivity contribution in [2.45, 2.75) is 18.1 Å². The van der Waals surface area contributed by atoms with Crippen LogP contribution in [-0.4, -0.2) is 45.1 Å². The summed E-state index contributed by atoms with van der Waals surface area (Å²) in [7, 11) is 1.64. The summed E-state index contributed by atoms with van der Waals surface area (Å²) in [5.41, 5.74) is 1.20. The summed E-state index contributed by atoms with van der Waals surface area (Å²) < 4.78 is 7.06. The number of hydrogen-bond donors (Lipinski definition) is 1. The number of carbonyl (C=O) groups excluding carboxylic acids is 1. The van der Waals surface area contributed by atoms with Gasteiger partial charge in [-0.2, -0.15) is 0 Å². The molecule has 11 heteroatoms. The third kappa shape index (κ3) is 6.03. The molecule has 31 heavy (non-hydrogen) atoms. The Bertz CT molecular complexity index is 1060. The van der Waals surface area contributed by atoms with Gasteiger partial charge in [0.1, 0.15) is 0 Å². The van der Waals surface area contributed by atoms with E-state index in [1.165, 1.54) is 36.0 Å². The normalized spacial score (nSPS) is 10.8. The Morgan fingerprint density at radius 3 is 2.65 bits per heavy atom. The summed E-state index contributed by atoms with van der Waals surface area (Å²) in [6, 6.07) is 13.0. The van der Waals surface area contributed by atoms with Gasteiger partial charge in [-0.1, -0.05) is 35.5 Å². The average Bonchev–Trinajstić information content (AvgIpc) is 3.15. The molecule has 0 aliphatic carbocycles. The van der Waals surface area contributed by atoms with Crippen LogP contribution in [0, 0.1) is 10.1 Å². The van der Waals surface area contributed by atoms with Gasteiger partial charge in [0.05, 0.1) is 15.7 Å². The molecule has 1 heterocycles. The molecule has 3 aromatic rings. The second-order valence-electron chi connectivity index (χ2n) is 6.42. The van der Waals surface area contributed by atoms with Gasteiger partial charge >= 0.3 is 0 Å². The Hall–Kier alpha value is -2.95. The van der Waals surface area contributed by atoms with Gasteiger partial charge in [-0.25, -0.2) is 0 Å². The minimum absolute atomic E-state index is 0.0383. The molecule has 3 rings (SSSR count). The number of thioether (sulfide) groups is 1. The van der Waals surface area contributed by atoms with E-state index in [-0.39, 0.29) is 17.3 Å². The SMILES string of the molecule is COCCCn1c(SCC(=O)Nc2ccc([N+](=O)[O-])cc2)nnc1-c1ccccc1Cl. The zero-order chi connectivity index (χ0) is 22.2. The number of halogens is 1. The molecule has 0 aliphatic heterocycles. The molecule has 9 nitrogen and oxygen atoms in total. The number of methoxy groups -OCH3 is 1. The van der Waals surface area contributed by atoms with Crippen molar-refractivity contribution >= 4 is 40.6 Å². The number of anilines is 1. The molecular weight excluding hydrogens is 442 g/mol. The van der Waals surface area contributed by atoms with E-state index >= 15 is 0 Å². The van der Waals surface area contributed by atoms with E-state index in [1.807, 2.05) is 22.8 Å². The first-order chi connectivity index (χ1) is 15.0. The molecule has 0 saturated carbocycles. The molecule has 0 spiro atoms. The molecule has 0 radical (unpaired) electrons. The molecule has 1 N–H and O–H groups in total. The van der Waals surface area contributed by atoms with Gasteiger partial charge < -0.3 is 14.6 Å². The van der Waals surface area contributed by atoms with E-state index in [0.717, 1.165) is 12.0 Å². The second-order valence-corrected chi connectivity index (χ2v) is 7.77. The van der Waals surface area contributed by atoms with E-state index in [4.69, 9.17) is 16.3 Å². The van der Waals surface area contributed by atoms with Gasteiger partial charge in [-0.15, -0.1) is 10.2 Å². The zero-order valence-electron chi connectivity index (χ0n) is 16.7. The Morgan fingerprint density at radius 2 is 1.97 bits per heavy atom. The summed E-state index contributed by atoms with van der Waals surface area (Å²) in [5.74, 6) is 0.464. The highest BCUT2D eigenvalue weighted by molar-refractivity contribution is 7.99. The Balaban J connectivity index is 1.70. The maximum Gasteiger partial charge on any atom is 0.269 e. The number of nitro benzene ring substituents is 1. The number of rotatable bonds is 10. The van der Waals surface area contributed by atoms with Crippen molar-refractivity contribution in [2.24, 2.45) is 0 Å². The van der Waals surface area contributed by atoms with Crippen LogP contribution in [0.4, 0.5) is 11.4 Å². The number of amides is 1. The lowest BCUT2D eigenvalue weighted by Gasteiger charge is -2.11. The minimum atomic E-state index is -0.492. The van der Waals surface area contributed by atoms with Crippen LogP contribution >= 0.6 is 23.4 Å². The molecule has 0 bridgehead atoms. The van der Waals surface area contributed by atoms with Crippen LogP contribution in [0.3, 0.4) is 0 Å². The van der Waals surface area contributed by atoms with Gasteiger partial charge in [0.2, 0.25) is 5.91 Å². The minimum Gasteiger partial charge on any atom is -0.385 e. The molecule has 162 valence electrons. The number of nitrogens with one attached hydrogen (secondary N) is 1. The molecule has 0 unspecified atom stereocenters. The highest BCUT2D eigenvalue weighted by Gasteiger charge is 2.17. The lowest BCUT2D eigenvalue weighted by Crippen LogP contribution is -2.15. The van der Waals surface area contributed by atoms with Crippen molar-refractivity contribution in [3.63, 3.8) is 0 Å². The van der Waals surface area contributed by atoms with Crippen molar-refractivity contribution in [3.8, 4) is 11.4 Å². The van der Waals surface area contributed by atoms with Crippen LogP contribution in [0.15, 0.2) is 53.7 Å². The third-order valence-corrected chi connectivity index (χ3v) is 5.55. The lowest BCUT2D eigenvalue weighted by atomic mass is 10.2. The van der Waals surface area contributed by atoms with Crippen LogP contribution in [0.5, 0.6) is 0 Å². The number of ether oxygens (including phenoxy) is 1. The van der Waals surface area contributed by atoms with Crippen LogP contribution in [0.1, 0.15) is 6.42 Å². The summed E-state index contributed by atoms with van der Waals surface area (Å²) in [6.07, 6.45) is 0.745. The molecule has 0 aliphatic rings.